The van der Waals surface area contributed by atoms with Gasteiger partial charge in [0.05, 0.1) is 16.6 Å². The van der Waals surface area contributed by atoms with E-state index in [0.717, 1.165) is 20.8 Å². The molecule has 18 heteroatoms. The first-order valence-electron chi connectivity index (χ1n) is 14.8. The second-order valence-corrected chi connectivity index (χ2v) is 13.0. The van der Waals surface area contributed by atoms with Crippen LogP contribution in [0.4, 0.5) is 9.93 Å². The van der Waals surface area contributed by atoms with Gasteiger partial charge >= 0.3 is 12.1 Å². The third-order valence-electron chi connectivity index (χ3n) is 7.53. The van der Waals surface area contributed by atoms with Gasteiger partial charge in [0.2, 0.25) is 6.41 Å². The van der Waals surface area contributed by atoms with Crippen LogP contribution in [0, 0.1) is 0 Å². The molecule has 0 aliphatic carbocycles. The van der Waals surface area contributed by atoms with Crippen molar-refractivity contribution in [3.8, 4) is 0 Å². The van der Waals surface area contributed by atoms with Gasteiger partial charge in [-0.1, -0.05) is 65.8 Å². The molecular weight excluding hydrogens is 691 g/mol. The normalized spacial score (nSPS) is 18.5. The number of carbonyl (C=O) groups is 5. The lowest BCUT2D eigenvalue weighted by Gasteiger charge is -2.49. The van der Waals surface area contributed by atoms with Gasteiger partial charge in [0.15, 0.2) is 16.9 Å². The number of nitrogens with one attached hydrogen (secondary N) is 2. The van der Waals surface area contributed by atoms with Crippen LogP contribution in [0.5, 0.6) is 0 Å². The molecule has 6 rings (SSSR count). The zero-order valence-electron chi connectivity index (χ0n) is 26.0. The largest absolute Gasteiger partial charge is 0.448 e. The smallest absolute Gasteiger partial charge is 0.419 e. The first-order chi connectivity index (χ1) is 24.3. The topological polar surface area (TPSA) is 200 Å². The van der Waals surface area contributed by atoms with Crippen LogP contribution >= 0.6 is 11.3 Å². The van der Waals surface area contributed by atoms with Crippen molar-refractivity contribution < 1.29 is 42.5 Å². The Balaban J connectivity index is 1.30. The van der Waals surface area contributed by atoms with Crippen LogP contribution in [0.15, 0.2) is 101 Å². The molecule has 4 aromatic rings. The Morgan fingerprint density at radius 2 is 1.82 bits per heavy atom. The average molecular weight is 718 g/mol. The molecule has 2 aliphatic heterocycles. The molecule has 2 aliphatic rings. The fourth-order valence-electron chi connectivity index (χ4n) is 5.29. The number of fused-ring (bicyclic) bond motifs is 1. The third kappa shape index (κ3) is 6.92. The van der Waals surface area contributed by atoms with E-state index in [-0.39, 0.29) is 33.6 Å². The van der Waals surface area contributed by atoms with E-state index in [4.69, 9.17) is 14.3 Å². The molecule has 0 saturated carbocycles. The lowest BCUT2D eigenvalue weighted by molar-refractivity contribution is -0.154. The van der Waals surface area contributed by atoms with E-state index in [2.05, 4.69) is 25.8 Å². The zero-order valence-corrected chi connectivity index (χ0v) is 27.7. The van der Waals surface area contributed by atoms with Gasteiger partial charge in [-0.15, -0.1) is 11.3 Å². The number of hydrogen-bond donors (Lipinski definition) is 2. The molecule has 2 aromatic heterocycles. The van der Waals surface area contributed by atoms with Crippen LogP contribution in [0.1, 0.15) is 22.9 Å². The van der Waals surface area contributed by atoms with Crippen molar-refractivity contribution in [2.24, 2.45) is 5.16 Å². The van der Waals surface area contributed by atoms with Crippen LogP contribution in [0.3, 0.4) is 0 Å². The van der Waals surface area contributed by atoms with Crippen molar-refractivity contribution in [3.05, 3.63) is 113 Å². The molecule has 0 radical (unpaired) electrons. The monoisotopic (exact) mass is 717 g/mol. The van der Waals surface area contributed by atoms with E-state index in [0.29, 0.717) is 17.5 Å². The predicted molar refractivity (Wildman–Crippen MR) is 178 cm³/mol. The van der Waals surface area contributed by atoms with Crippen LogP contribution in [-0.4, -0.2) is 90.5 Å². The molecular formula is C32H27N7O9S2. The number of hydrogen-bond acceptors (Lipinski definition) is 13. The Morgan fingerprint density at radius 3 is 2.44 bits per heavy atom. The van der Waals surface area contributed by atoms with Gasteiger partial charge < -0.3 is 24.9 Å². The summed E-state index contributed by atoms with van der Waals surface area (Å²) in [5.41, 5.74) is 0.855. The van der Waals surface area contributed by atoms with Gasteiger partial charge in [-0.25, -0.2) is 24.1 Å². The summed E-state index contributed by atoms with van der Waals surface area (Å²) in [4.78, 5) is 78.5. The van der Waals surface area contributed by atoms with E-state index in [9.17, 15) is 28.2 Å². The minimum Gasteiger partial charge on any atom is -0.448 e. The van der Waals surface area contributed by atoms with Gasteiger partial charge in [0.25, 0.3) is 11.8 Å². The molecule has 3 amide bonds. The maximum absolute atomic E-state index is 14.2. The molecule has 3 atom stereocenters. The van der Waals surface area contributed by atoms with Crippen molar-refractivity contribution in [1.82, 2.24) is 24.8 Å². The number of amides is 3. The first kappa shape index (κ1) is 33.9. The Morgan fingerprint density at radius 1 is 1.12 bits per heavy atom. The molecule has 50 heavy (non-hydrogen) atoms. The van der Waals surface area contributed by atoms with Gasteiger partial charge in [0, 0.05) is 23.3 Å². The van der Waals surface area contributed by atoms with E-state index >= 15 is 0 Å². The van der Waals surface area contributed by atoms with Gasteiger partial charge in [-0.05, 0) is 11.1 Å². The van der Waals surface area contributed by atoms with Crippen LogP contribution in [0.2, 0.25) is 0 Å². The van der Waals surface area contributed by atoms with E-state index in [1.807, 2.05) is 12.1 Å². The summed E-state index contributed by atoms with van der Waals surface area (Å²) in [5.74, 6) is -2.87. The number of oxime groups is 1. The summed E-state index contributed by atoms with van der Waals surface area (Å²) >= 11 is 1.02. The van der Waals surface area contributed by atoms with E-state index in [1.165, 1.54) is 31.2 Å². The number of imidazole rings is 1. The highest BCUT2D eigenvalue weighted by Crippen LogP contribution is 2.37. The summed E-state index contributed by atoms with van der Waals surface area (Å²) < 4.78 is 26.2. The second-order valence-electron chi connectivity index (χ2n) is 10.6. The average Bonchev–Trinajstić information content (AvgIpc) is 3.85. The van der Waals surface area contributed by atoms with Crippen LogP contribution in [-0.2, 0) is 44.3 Å². The minimum absolute atomic E-state index is 0.0473. The number of nitrogens with zero attached hydrogens (tertiary/aromatic N) is 5. The number of thiazole rings is 1. The van der Waals surface area contributed by atoms with Crippen molar-refractivity contribution in [2.45, 2.75) is 17.5 Å². The summed E-state index contributed by atoms with van der Waals surface area (Å²) in [7, 11) is -0.671. The number of β-lactam (4-membered cyclic amide) rings is 1. The van der Waals surface area contributed by atoms with E-state index in [1.54, 1.807) is 48.5 Å². The molecule has 4 heterocycles. The zero-order chi connectivity index (χ0) is 35.2. The number of esters is 1. The highest BCUT2D eigenvalue weighted by molar-refractivity contribution is 7.86. The Kier molecular flexibility index (Phi) is 10.2. The Labute approximate surface area is 290 Å². The van der Waals surface area contributed by atoms with Crippen molar-refractivity contribution >= 4 is 63.3 Å². The van der Waals surface area contributed by atoms with Gasteiger partial charge in [-0.3, -0.25) is 23.5 Å². The van der Waals surface area contributed by atoms with Crippen LogP contribution in [0.25, 0.3) is 0 Å². The maximum Gasteiger partial charge on any atom is 0.419 e. The number of anilines is 1. The van der Waals surface area contributed by atoms with Gasteiger partial charge in [-0.2, -0.15) is 0 Å². The Hall–Kier alpha value is -6.01. The molecule has 16 nitrogen and oxygen atoms in total. The molecule has 0 spiro atoms. The van der Waals surface area contributed by atoms with Crippen molar-refractivity contribution in [1.29, 1.82) is 0 Å². The quantitative estimate of drug-likeness (QED) is 0.0714. The molecule has 0 bridgehead atoms. The highest BCUT2D eigenvalue weighted by Gasteiger charge is 2.58. The number of carbonyl (C=O) groups excluding carboxylic acids is 5. The fourth-order valence-corrected chi connectivity index (χ4v) is 7.62. The predicted octanol–water partition coefficient (Wildman–Crippen LogP) is 1.95. The first-order valence-corrected chi connectivity index (χ1v) is 17.0. The SMILES string of the molecule is CON=C(C(=O)NC1C(=O)N2C(C(=O)OC(c3ccccc3)c3ccccc3)=C(COC(=O)n3ccnc3)CS(=O)[C@@H]12)c1csc(NC=O)n1. The van der Waals surface area contributed by atoms with Crippen LogP contribution < -0.4 is 10.6 Å². The number of benzene rings is 2. The molecule has 2 N–H and O–H groups in total. The molecule has 1 fully saturated rings. The summed E-state index contributed by atoms with van der Waals surface area (Å²) in [6, 6.07) is 16.6. The van der Waals surface area contributed by atoms with E-state index < -0.39 is 58.8 Å². The fraction of sp³-hybridized carbons (Fsp3) is 0.188. The third-order valence-corrected chi connectivity index (χ3v) is 9.95. The molecule has 2 aromatic carbocycles. The summed E-state index contributed by atoms with van der Waals surface area (Å²) in [5, 5.41) is 9.07. The van der Waals surface area contributed by atoms with Gasteiger partial charge in [0.1, 0.15) is 42.9 Å². The van der Waals surface area contributed by atoms with Crippen molar-refractivity contribution in [2.75, 3.05) is 24.8 Å². The maximum atomic E-state index is 14.2. The Bertz CT molecular complexity index is 1960. The molecule has 1 saturated heterocycles. The molecule has 2 unspecified atom stereocenters. The number of aromatic nitrogens is 3. The standard InChI is InChI=1S/C32H27N7O9S2/c1-46-37-23(22-15-49-31(35-22)34-18-40)27(41)36-24-28(42)39-25(21(16-50(45)29(24)39)14-47-32(44)38-13-12-33-17-38)30(43)48-26(19-8-4-2-5-9-19)20-10-6-3-7-11-20/h2-13,15,17-18,24,26,29H,14,16H2,1H3,(H,36,41)(H,34,35,40)/t24?,29-,50?/m0/s1. The lowest BCUT2D eigenvalue weighted by Crippen LogP contribution is -2.74. The lowest BCUT2D eigenvalue weighted by atomic mass is 10.0. The van der Waals surface area contributed by atoms with Crippen molar-refractivity contribution in [3.63, 3.8) is 0 Å². The summed E-state index contributed by atoms with van der Waals surface area (Å²) in [6.45, 7) is -0.492. The highest BCUT2D eigenvalue weighted by atomic mass is 32.2. The molecule has 256 valence electrons. The number of ether oxygens (including phenoxy) is 2. The second kappa shape index (κ2) is 15.0. The minimum atomic E-state index is -1.88. The summed E-state index contributed by atoms with van der Waals surface area (Å²) in [6.07, 6.45) is 2.67. The number of rotatable bonds is 12.